The number of hydrogen-bond donors (Lipinski definition) is 1. The molecule has 1 aromatic heterocycles. The standard InChI is InChI=1S/C21H22FN3O/c22-18-7-5-16(6-8-18)13-21(26)25-11-9-24(10-12-25)15-17-14-23-20-4-2-1-3-19(17)20/h1-8,14,23H,9-13,15H2. The molecule has 0 spiro atoms. The third-order valence-electron chi connectivity index (χ3n) is 5.06. The van der Waals surface area contributed by atoms with Crippen molar-refractivity contribution in [2.75, 3.05) is 26.2 Å². The van der Waals surface area contributed by atoms with Gasteiger partial charge < -0.3 is 9.88 Å². The van der Waals surface area contributed by atoms with Crippen LogP contribution in [0.3, 0.4) is 0 Å². The minimum Gasteiger partial charge on any atom is -0.361 e. The first-order chi connectivity index (χ1) is 12.7. The molecule has 0 saturated carbocycles. The molecule has 1 amide bonds. The van der Waals surface area contributed by atoms with Crippen LogP contribution in [-0.4, -0.2) is 46.9 Å². The summed E-state index contributed by atoms with van der Waals surface area (Å²) < 4.78 is 13.0. The number of rotatable bonds is 4. The monoisotopic (exact) mass is 351 g/mol. The molecule has 1 aliphatic rings. The Morgan fingerprint density at radius 2 is 1.73 bits per heavy atom. The quantitative estimate of drug-likeness (QED) is 0.784. The summed E-state index contributed by atoms with van der Waals surface area (Å²) >= 11 is 0. The molecule has 1 aliphatic heterocycles. The fraction of sp³-hybridized carbons (Fsp3) is 0.286. The number of amides is 1. The SMILES string of the molecule is O=C(Cc1ccc(F)cc1)N1CCN(Cc2c[nH]c3ccccc23)CC1. The Hall–Kier alpha value is -2.66. The average Bonchev–Trinajstić information content (AvgIpc) is 3.07. The van der Waals surface area contributed by atoms with E-state index in [4.69, 9.17) is 0 Å². The van der Waals surface area contributed by atoms with Crippen molar-refractivity contribution in [1.82, 2.24) is 14.8 Å². The van der Waals surface area contributed by atoms with Crippen LogP contribution in [0.4, 0.5) is 4.39 Å². The largest absolute Gasteiger partial charge is 0.361 e. The van der Waals surface area contributed by atoms with Crippen LogP contribution in [0.1, 0.15) is 11.1 Å². The molecule has 0 unspecified atom stereocenters. The highest BCUT2D eigenvalue weighted by Crippen LogP contribution is 2.20. The molecular formula is C21H22FN3O. The Bertz CT molecular complexity index is 895. The lowest BCUT2D eigenvalue weighted by atomic mass is 10.1. The van der Waals surface area contributed by atoms with Gasteiger partial charge in [-0.05, 0) is 29.3 Å². The zero-order valence-electron chi connectivity index (χ0n) is 14.6. The highest BCUT2D eigenvalue weighted by atomic mass is 19.1. The molecule has 134 valence electrons. The number of carbonyl (C=O) groups is 1. The third kappa shape index (κ3) is 3.63. The number of aromatic amines is 1. The van der Waals surface area contributed by atoms with Gasteiger partial charge in [-0.1, -0.05) is 30.3 Å². The summed E-state index contributed by atoms with van der Waals surface area (Å²) in [7, 11) is 0. The van der Waals surface area contributed by atoms with Gasteiger partial charge in [-0.15, -0.1) is 0 Å². The molecule has 0 radical (unpaired) electrons. The summed E-state index contributed by atoms with van der Waals surface area (Å²) in [5.74, 6) is -0.157. The summed E-state index contributed by atoms with van der Waals surface area (Å²) in [5.41, 5.74) is 3.32. The van der Waals surface area contributed by atoms with E-state index in [2.05, 4.69) is 34.3 Å². The topological polar surface area (TPSA) is 39.3 Å². The van der Waals surface area contributed by atoms with E-state index in [1.54, 1.807) is 12.1 Å². The lowest BCUT2D eigenvalue weighted by Crippen LogP contribution is -2.48. The minimum atomic E-state index is -0.271. The molecule has 4 rings (SSSR count). The Morgan fingerprint density at radius 3 is 2.50 bits per heavy atom. The molecule has 4 nitrogen and oxygen atoms in total. The molecule has 2 aromatic carbocycles. The van der Waals surface area contributed by atoms with E-state index in [0.717, 1.165) is 43.8 Å². The Morgan fingerprint density at radius 1 is 1.00 bits per heavy atom. The number of nitrogens with zero attached hydrogens (tertiary/aromatic N) is 2. The summed E-state index contributed by atoms with van der Waals surface area (Å²) in [6, 6.07) is 14.5. The van der Waals surface area contributed by atoms with E-state index in [1.807, 2.05) is 11.0 Å². The summed E-state index contributed by atoms with van der Waals surface area (Å²) in [4.78, 5) is 20.1. The second-order valence-electron chi connectivity index (χ2n) is 6.82. The molecule has 26 heavy (non-hydrogen) atoms. The van der Waals surface area contributed by atoms with Crippen LogP contribution in [0.5, 0.6) is 0 Å². The van der Waals surface area contributed by atoms with Crippen LogP contribution in [0.15, 0.2) is 54.7 Å². The van der Waals surface area contributed by atoms with Gasteiger partial charge in [-0.3, -0.25) is 9.69 Å². The van der Waals surface area contributed by atoms with Crippen LogP contribution in [0.2, 0.25) is 0 Å². The molecule has 1 saturated heterocycles. The van der Waals surface area contributed by atoms with E-state index in [0.29, 0.717) is 6.42 Å². The molecule has 0 atom stereocenters. The molecule has 5 heteroatoms. The van der Waals surface area contributed by atoms with Crippen LogP contribution >= 0.6 is 0 Å². The fourth-order valence-corrected chi connectivity index (χ4v) is 3.55. The average molecular weight is 351 g/mol. The maximum atomic E-state index is 13.0. The van der Waals surface area contributed by atoms with Crippen molar-refractivity contribution in [2.24, 2.45) is 0 Å². The second kappa shape index (κ2) is 7.30. The minimum absolute atomic E-state index is 0.114. The van der Waals surface area contributed by atoms with Crippen molar-refractivity contribution in [2.45, 2.75) is 13.0 Å². The number of benzene rings is 2. The molecule has 1 fully saturated rings. The van der Waals surface area contributed by atoms with Crippen molar-refractivity contribution in [3.63, 3.8) is 0 Å². The van der Waals surface area contributed by atoms with Crippen molar-refractivity contribution in [1.29, 1.82) is 0 Å². The predicted molar refractivity (Wildman–Crippen MR) is 100 cm³/mol. The van der Waals surface area contributed by atoms with Crippen LogP contribution in [0, 0.1) is 5.82 Å². The Labute approximate surface area is 152 Å². The van der Waals surface area contributed by atoms with E-state index in [9.17, 15) is 9.18 Å². The zero-order chi connectivity index (χ0) is 17.9. The fourth-order valence-electron chi connectivity index (χ4n) is 3.55. The van der Waals surface area contributed by atoms with E-state index in [-0.39, 0.29) is 11.7 Å². The molecule has 3 aromatic rings. The van der Waals surface area contributed by atoms with E-state index in [1.165, 1.54) is 23.1 Å². The lowest BCUT2D eigenvalue weighted by Gasteiger charge is -2.34. The first-order valence-electron chi connectivity index (χ1n) is 8.98. The van der Waals surface area contributed by atoms with Gasteiger partial charge in [0, 0.05) is 49.8 Å². The Kier molecular flexibility index (Phi) is 4.71. The lowest BCUT2D eigenvalue weighted by molar-refractivity contribution is -0.132. The van der Waals surface area contributed by atoms with Gasteiger partial charge in [0.25, 0.3) is 0 Å². The second-order valence-corrected chi connectivity index (χ2v) is 6.82. The number of aromatic nitrogens is 1. The molecular weight excluding hydrogens is 329 g/mol. The van der Waals surface area contributed by atoms with Crippen LogP contribution in [-0.2, 0) is 17.8 Å². The van der Waals surface area contributed by atoms with Gasteiger partial charge in [-0.25, -0.2) is 4.39 Å². The van der Waals surface area contributed by atoms with Gasteiger partial charge in [0.15, 0.2) is 0 Å². The van der Waals surface area contributed by atoms with Crippen molar-refractivity contribution < 1.29 is 9.18 Å². The van der Waals surface area contributed by atoms with Gasteiger partial charge in [-0.2, -0.15) is 0 Å². The van der Waals surface area contributed by atoms with Crippen LogP contribution < -0.4 is 0 Å². The first-order valence-corrected chi connectivity index (χ1v) is 8.98. The number of piperazine rings is 1. The zero-order valence-corrected chi connectivity index (χ0v) is 14.6. The summed E-state index contributed by atoms with van der Waals surface area (Å²) in [6.07, 6.45) is 2.42. The van der Waals surface area contributed by atoms with Gasteiger partial charge >= 0.3 is 0 Å². The number of halogens is 1. The summed E-state index contributed by atoms with van der Waals surface area (Å²) in [6.45, 7) is 4.11. The maximum absolute atomic E-state index is 13.0. The molecule has 2 heterocycles. The number of nitrogens with one attached hydrogen (secondary N) is 1. The maximum Gasteiger partial charge on any atom is 0.227 e. The van der Waals surface area contributed by atoms with Crippen LogP contribution in [0.25, 0.3) is 10.9 Å². The predicted octanol–water partition coefficient (Wildman–Crippen LogP) is 3.19. The number of carbonyl (C=O) groups excluding carboxylic acids is 1. The normalized spacial score (nSPS) is 15.5. The van der Waals surface area contributed by atoms with E-state index >= 15 is 0 Å². The van der Waals surface area contributed by atoms with Gasteiger partial charge in [0.2, 0.25) is 5.91 Å². The highest BCUT2D eigenvalue weighted by molar-refractivity contribution is 5.83. The summed E-state index contributed by atoms with van der Waals surface area (Å²) in [5, 5.41) is 1.27. The smallest absolute Gasteiger partial charge is 0.227 e. The molecule has 1 N–H and O–H groups in total. The highest BCUT2D eigenvalue weighted by Gasteiger charge is 2.21. The number of hydrogen-bond acceptors (Lipinski definition) is 2. The number of fused-ring (bicyclic) bond motifs is 1. The molecule has 0 aliphatic carbocycles. The third-order valence-corrected chi connectivity index (χ3v) is 5.06. The van der Waals surface area contributed by atoms with Gasteiger partial charge in [0.05, 0.1) is 6.42 Å². The molecule has 0 bridgehead atoms. The Balaban J connectivity index is 1.32. The van der Waals surface area contributed by atoms with Crippen molar-refractivity contribution in [3.8, 4) is 0 Å². The van der Waals surface area contributed by atoms with E-state index < -0.39 is 0 Å². The number of para-hydroxylation sites is 1. The van der Waals surface area contributed by atoms with Gasteiger partial charge in [0.1, 0.15) is 5.82 Å². The van der Waals surface area contributed by atoms with Crippen molar-refractivity contribution in [3.05, 3.63) is 71.7 Å². The first kappa shape index (κ1) is 16.8. The number of H-pyrrole nitrogens is 1. The van der Waals surface area contributed by atoms with Crippen molar-refractivity contribution >= 4 is 16.8 Å².